The lowest BCUT2D eigenvalue weighted by Crippen LogP contribution is -2.15. The molecule has 74 valence electrons. The van der Waals surface area contributed by atoms with Crippen LogP contribution in [0.4, 0.5) is 5.69 Å². The number of benzene rings is 1. The summed E-state index contributed by atoms with van der Waals surface area (Å²) in [6.07, 6.45) is 4.47. The molecule has 0 aliphatic carbocycles. The van der Waals surface area contributed by atoms with Gasteiger partial charge >= 0.3 is 0 Å². The molecule has 3 heteroatoms. The molecule has 1 heterocycles. The number of hydrogen-bond donors (Lipinski definition) is 0. The highest BCUT2D eigenvalue weighted by Crippen LogP contribution is 2.17. The van der Waals surface area contributed by atoms with E-state index in [2.05, 4.69) is 9.89 Å². The molecule has 0 aromatic heterocycles. The Hall–Kier alpha value is -1.02. The van der Waals surface area contributed by atoms with Gasteiger partial charge < -0.3 is 4.90 Å². The fourth-order valence-electron chi connectivity index (χ4n) is 1.56. The molecule has 1 fully saturated rings. The zero-order valence-electron chi connectivity index (χ0n) is 7.99. The van der Waals surface area contributed by atoms with Crippen molar-refractivity contribution in [3.63, 3.8) is 0 Å². The van der Waals surface area contributed by atoms with E-state index in [-0.39, 0.29) is 0 Å². The topological polar surface area (TPSA) is 15.6 Å². The van der Waals surface area contributed by atoms with Crippen LogP contribution in [0.25, 0.3) is 0 Å². The molecule has 1 aromatic rings. The molecule has 14 heavy (non-hydrogen) atoms. The van der Waals surface area contributed by atoms with E-state index in [1.165, 1.54) is 12.8 Å². The van der Waals surface area contributed by atoms with Crippen molar-refractivity contribution < 1.29 is 0 Å². The summed E-state index contributed by atoms with van der Waals surface area (Å²) < 4.78 is 0. The first-order valence-corrected chi connectivity index (χ1v) is 5.26. The molecule has 1 aliphatic rings. The lowest BCUT2D eigenvalue weighted by atomic mass is 10.3. The van der Waals surface area contributed by atoms with Gasteiger partial charge in [0.05, 0.1) is 12.0 Å². The van der Waals surface area contributed by atoms with E-state index in [9.17, 15) is 0 Å². The van der Waals surface area contributed by atoms with Crippen molar-refractivity contribution in [3.8, 4) is 0 Å². The Morgan fingerprint density at radius 3 is 2.79 bits per heavy atom. The van der Waals surface area contributed by atoms with Gasteiger partial charge in [-0.05, 0) is 31.0 Å². The monoisotopic (exact) mass is 208 g/mol. The van der Waals surface area contributed by atoms with Crippen LogP contribution in [0.15, 0.2) is 29.3 Å². The number of likely N-dealkylation sites (tertiary alicyclic amines) is 1. The highest BCUT2D eigenvalue weighted by atomic mass is 35.5. The van der Waals surface area contributed by atoms with Crippen LogP contribution in [0, 0.1) is 0 Å². The van der Waals surface area contributed by atoms with Gasteiger partial charge in [0, 0.05) is 18.1 Å². The molecular weight excluding hydrogens is 196 g/mol. The Balaban J connectivity index is 2.02. The van der Waals surface area contributed by atoms with E-state index >= 15 is 0 Å². The molecule has 0 spiro atoms. The summed E-state index contributed by atoms with van der Waals surface area (Å²) in [7, 11) is 0. The molecular formula is C11H13ClN2. The highest BCUT2D eigenvalue weighted by molar-refractivity contribution is 6.30. The van der Waals surface area contributed by atoms with Gasteiger partial charge in [0.25, 0.3) is 0 Å². The summed E-state index contributed by atoms with van der Waals surface area (Å²) in [5, 5.41) is 0.737. The molecule has 0 atom stereocenters. The van der Waals surface area contributed by atoms with Gasteiger partial charge in [-0.3, -0.25) is 0 Å². The van der Waals surface area contributed by atoms with E-state index in [0.717, 1.165) is 23.8 Å². The van der Waals surface area contributed by atoms with Crippen LogP contribution in [0.1, 0.15) is 12.8 Å². The molecule has 0 N–H and O–H groups in total. The number of hydrogen-bond acceptors (Lipinski definition) is 1. The van der Waals surface area contributed by atoms with Crippen molar-refractivity contribution in [2.24, 2.45) is 4.99 Å². The summed E-state index contributed by atoms with van der Waals surface area (Å²) in [6.45, 7) is 2.26. The third kappa shape index (κ3) is 2.48. The van der Waals surface area contributed by atoms with Gasteiger partial charge in [0.1, 0.15) is 0 Å². The van der Waals surface area contributed by atoms with E-state index in [4.69, 9.17) is 11.6 Å². The summed E-state index contributed by atoms with van der Waals surface area (Å²) in [4.78, 5) is 6.60. The fraction of sp³-hybridized carbons (Fsp3) is 0.364. The first kappa shape index (κ1) is 9.53. The summed E-state index contributed by atoms with van der Waals surface area (Å²) >= 11 is 5.85. The molecule has 0 radical (unpaired) electrons. The largest absolute Gasteiger partial charge is 0.363 e. The summed E-state index contributed by atoms with van der Waals surface area (Å²) in [5.41, 5.74) is 0.921. The van der Waals surface area contributed by atoms with Gasteiger partial charge in [-0.15, -0.1) is 0 Å². The van der Waals surface area contributed by atoms with Crippen LogP contribution in [-0.4, -0.2) is 24.3 Å². The van der Waals surface area contributed by atoms with Gasteiger partial charge in [0.15, 0.2) is 0 Å². The van der Waals surface area contributed by atoms with Gasteiger partial charge in [0.2, 0.25) is 0 Å². The number of rotatable bonds is 2. The Bertz CT molecular complexity index is 330. The molecule has 0 unspecified atom stereocenters. The Morgan fingerprint density at radius 2 is 2.07 bits per heavy atom. The first-order chi connectivity index (χ1) is 6.84. The quantitative estimate of drug-likeness (QED) is 0.539. The van der Waals surface area contributed by atoms with Crippen molar-refractivity contribution >= 4 is 23.6 Å². The minimum absolute atomic E-state index is 0.737. The normalized spacial score (nSPS) is 16.8. The lowest BCUT2D eigenvalue weighted by Gasteiger charge is -2.08. The molecule has 0 saturated carbocycles. The smallest absolute Gasteiger partial charge is 0.0912 e. The maximum Gasteiger partial charge on any atom is 0.0912 e. The van der Waals surface area contributed by atoms with Crippen molar-refractivity contribution in [3.05, 3.63) is 29.3 Å². The third-order valence-corrected chi connectivity index (χ3v) is 2.55. The second-order valence-corrected chi connectivity index (χ2v) is 3.90. The number of aliphatic imine (C=N–C) groups is 1. The minimum atomic E-state index is 0.737. The van der Waals surface area contributed by atoms with Gasteiger partial charge in [-0.1, -0.05) is 17.7 Å². The van der Waals surface area contributed by atoms with E-state index in [1.807, 2.05) is 30.6 Å². The third-order valence-electron chi connectivity index (χ3n) is 2.32. The Labute approximate surface area is 89.2 Å². The average Bonchev–Trinajstić information content (AvgIpc) is 2.67. The van der Waals surface area contributed by atoms with Crippen LogP contribution in [0.5, 0.6) is 0 Å². The predicted molar refractivity (Wildman–Crippen MR) is 60.4 cm³/mol. The van der Waals surface area contributed by atoms with Gasteiger partial charge in [-0.2, -0.15) is 0 Å². The standard InChI is InChI=1S/C11H13ClN2/c12-10-4-3-5-11(8-10)13-9-14-6-1-2-7-14/h3-5,8-9H,1-2,6-7H2. The van der Waals surface area contributed by atoms with E-state index < -0.39 is 0 Å². The molecule has 1 saturated heterocycles. The molecule has 0 bridgehead atoms. The van der Waals surface area contributed by atoms with Crippen LogP contribution in [-0.2, 0) is 0 Å². The molecule has 1 aliphatic heterocycles. The summed E-state index contributed by atoms with van der Waals surface area (Å²) in [5.74, 6) is 0. The molecule has 2 nitrogen and oxygen atoms in total. The number of nitrogens with zero attached hydrogens (tertiary/aromatic N) is 2. The van der Waals surface area contributed by atoms with Crippen molar-refractivity contribution in [1.82, 2.24) is 4.90 Å². The van der Waals surface area contributed by atoms with Crippen molar-refractivity contribution in [2.45, 2.75) is 12.8 Å². The predicted octanol–water partition coefficient (Wildman–Crippen LogP) is 3.10. The number of halogens is 1. The minimum Gasteiger partial charge on any atom is -0.363 e. The molecule has 2 rings (SSSR count). The van der Waals surface area contributed by atoms with Crippen LogP contribution >= 0.6 is 11.6 Å². The zero-order chi connectivity index (χ0) is 9.80. The maximum absolute atomic E-state index is 5.85. The fourth-order valence-corrected chi connectivity index (χ4v) is 1.75. The zero-order valence-corrected chi connectivity index (χ0v) is 8.74. The maximum atomic E-state index is 5.85. The second-order valence-electron chi connectivity index (χ2n) is 3.47. The van der Waals surface area contributed by atoms with Crippen LogP contribution < -0.4 is 0 Å². The average molecular weight is 209 g/mol. The summed E-state index contributed by atoms with van der Waals surface area (Å²) in [6, 6.07) is 7.60. The highest BCUT2D eigenvalue weighted by Gasteiger charge is 2.06. The first-order valence-electron chi connectivity index (χ1n) is 4.88. The molecule has 1 aromatic carbocycles. The lowest BCUT2D eigenvalue weighted by molar-refractivity contribution is 0.536. The van der Waals surface area contributed by atoms with E-state index in [1.54, 1.807) is 0 Å². The molecule has 0 amide bonds. The van der Waals surface area contributed by atoms with Crippen molar-refractivity contribution in [1.29, 1.82) is 0 Å². The van der Waals surface area contributed by atoms with E-state index in [0.29, 0.717) is 0 Å². The SMILES string of the molecule is Clc1cccc(N=CN2CCCC2)c1. The van der Waals surface area contributed by atoms with Crippen LogP contribution in [0.3, 0.4) is 0 Å². The Morgan fingerprint density at radius 1 is 1.29 bits per heavy atom. The van der Waals surface area contributed by atoms with Gasteiger partial charge in [-0.25, -0.2) is 4.99 Å². The Kier molecular flexibility index (Phi) is 3.04. The second kappa shape index (κ2) is 4.47. The van der Waals surface area contributed by atoms with Crippen molar-refractivity contribution in [2.75, 3.05) is 13.1 Å². The van der Waals surface area contributed by atoms with Crippen LogP contribution in [0.2, 0.25) is 5.02 Å².